The molecule has 2 heterocycles. The predicted molar refractivity (Wildman–Crippen MR) is 134 cm³/mol. The fourth-order valence-corrected chi connectivity index (χ4v) is 4.59. The minimum atomic E-state index is -1.12. The van der Waals surface area contributed by atoms with Gasteiger partial charge in [0.15, 0.2) is 0 Å². The Kier molecular flexibility index (Phi) is 7.68. The molecular formula is C27H29N3O6. The number of benzene rings is 2. The summed E-state index contributed by atoms with van der Waals surface area (Å²) in [6.07, 6.45) is 1.50. The van der Waals surface area contributed by atoms with Gasteiger partial charge in [-0.25, -0.2) is 4.79 Å². The van der Waals surface area contributed by atoms with Crippen LogP contribution < -0.4 is 15.6 Å². The largest absolute Gasteiger partial charge is 0.494 e. The maximum Gasteiger partial charge on any atom is 0.326 e. The molecule has 0 bridgehead atoms. The molecule has 188 valence electrons. The maximum atomic E-state index is 13.0. The highest BCUT2D eigenvalue weighted by Crippen LogP contribution is 2.26. The first-order valence-electron chi connectivity index (χ1n) is 12.0. The van der Waals surface area contributed by atoms with Crippen molar-refractivity contribution in [2.45, 2.75) is 38.3 Å². The number of likely N-dealkylation sites (tertiary alicyclic amines) is 1. The van der Waals surface area contributed by atoms with Crippen LogP contribution in [0.25, 0.3) is 10.9 Å². The standard InChI is InChI=1S/C27H29N3O6/c1-18(31)28-23(27(34)35)14-17-36-22-9-6-20(7-10-22)26(33)29-15-12-21(13-16-29)30-24-5-3-2-4-19(24)8-11-25(30)32/h2-11,21,23H,12-17H2,1H3,(H,28,31)(H,34,35). The second-order valence-electron chi connectivity index (χ2n) is 8.88. The number of piperidine rings is 1. The molecule has 1 fully saturated rings. The van der Waals surface area contributed by atoms with Gasteiger partial charge in [0.1, 0.15) is 11.8 Å². The molecule has 1 aliphatic rings. The zero-order valence-corrected chi connectivity index (χ0v) is 20.1. The third-order valence-corrected chi connectivity index (χ3v) is 6.41. The molecule has 36 heavy (non-hydrogen) atoms. The van der Waals surface area contributed by atoms with Gasteiger partial charge in [-0.15, -0.1) is 0 Å². The number of carboxylic acid groups (broad SMARTS) is 1. The Labute approximate surface area is 208 Å². The minimum Gasteiger partial charge on any atom is -0.494 e. The lowest BCUT2D eigenvalue weighted by molar-refractivity contribution is -0.141. The summed E-state index contributed by atoms with van der Waals surface area (Å²) in [5.74, 6) is -1.11. The van der Waals surface area contributed by atoms with E-state index in [0.29, 0.717) is 37.2 Å². The van der Waals surface area contributed by atoms with Crippen LogP contribution >= 0.6 is 0 Å². The highest BCUT2D eigenvalue weighted by molar-refractivity contribution is 5.94. The third kappa shape index (κ3) is 5.73. The molecule has 0 radical (unpaired) electrons. The van der Waals surface area contributed by atoms with Crippen LogP contribution in [0.3, 0.4) is 0 Å². The summed E-state index contributed by atoms with van der Waals surface area (Å²) < 4.78 is 7.44. The molecule has 0 spiro atoms. The number of amides is 2. The number of fused-ring (bicyclic) bond motifs is 1. The molecule has 2 amide bonds. The number of aliphatic carboxylic acids is 1. The number of aromatic nitrogens is 1. The molecule has 1 saturated heterocycles. The van der Waals surface area contributed by atoms with Crippen LogP contribution in [0.5, 0.6) is 5.75 Å². The Morgan fingerprint density at radius 3 is 2.39 bits per heavy atom. The van der Waals surface area contributed by atoms with Crippen LogP contribution in [-0.2, 0) is 9.59 Å². The number of pyridine rings is 1. The van der Waals surface area contributed by atoms with Crippen LogP contribution in [-0.4, -0.2) is 58.1 Å². The van der Waals surface area contributed by atoms with Gasteiger partial charge in [0.2, 0.25) is 5.91 Å². The van der Waals surface area contributed by atoms with E-state index in [-0.39, 0.29) is 30.5 Å². The predicted octanol–water partition coefficient (Wildman–Crippen LogP) is 2.84. The van der Waals surface area contributed by atoms with Gasteiger partial charge in [0.25, 0.3) is 11.5 Å². The number of nitrogens with zero attached hydrogens (tertiary/aromatic N) is 2. The zero-order chi connectivity index (χ0) is 25.7. The number of carbonyl (C=O) groups excluding carboxylic acids is 2. The van der Waals surface area contributed by atoms with Crippen LogP contribution in [0.2, 0.25) is 0 Å². The Morgan fingerprint density at radius 2 is 1.72 bits per heavy atom. The normalized spacial score (nSPS) is 14.9. The summed E-state index contributed by atoms with van der Waals surface area (Å²) in [6.45, 7) is 2.47. The molecule has 1 aromatic heterocycles. The SMILES string of the molecule is CC(=O)NC(CCOc1ccc(C(=O)N2CCC(n3c(=O)ccc4ccccc43)CC2)cc1)C(=O)O. The van der Waals surface area contributed by atoms with Crippen LogP contribution in [0, 0.1) is 0 Å². The Bertz CT molecular complexity index is 1310. The molecule has 1 atom stereocenters. The van der Waals surface area contributed by atoms with Crippen molar-refractivity contribution in [2.24, 2.45) is 0 Å². The van der Waals surface area contributed by atoms with Crippen molar-refractivity contribution in [3.05, 3.63) is 76.6 Å². The monoisotopic (exact) mass is 491 g/mol. The number of para-hydroxylation sites is 1. The van der Waals surface area contributed by atoms with Crippen molar-refractivity contribution in [1.82, 2.24) is 14.8 Å². The first kappa shape index (κ1) is 25.0. The summed E-state index contributed by atoms with van der Waals surface area (Å²) in [5, 5.41) is 12.5. The molecule has 9 nitrogen and oxygen atoms in total. The average molecular weight is 492 g/mol. The minimum absolute atomic E-state index is 0.0270. The summed E-state index contributed by atoms with van der Waals surface area (Å²) in [7, 11) is 0. The number of carboxylic acids is 1. The van der Waals surface area contributed by atoms with Crippen molar-refractivity contribution >= 4 is 28.7 Å². The van der Waals surface area contributed by atoms with Gasteiger partial charge >= 0.3 is 5.97 Å². The number of rotatable bonds is 8. The Morgan fingerprint density at radius 1 is 1.03 bits per heavy atom. The lowest BCUT2D eigenvalue weighted by atomic mass is 10.0. The zero-order valence-electron chi connectivity index (χ0n) is 20.1. The second kappa shape index (κ2) is 11.1. The van der Waals surface area contributed by atoms with Crippen molar-refractivity contribution in [1.29, 1.82) is 0 Å². The van der Waals surface area contributed by atoms with Crippen molar-refractivity contribution in [3.63, 3.8) is 0 Å². The van der Waals surface area contributed by atoms with E-state index in [1.165, 1.54) is 6.92 Å². The number of nitrogens with one attached hydrogen (secondary N) is 1. The van der Waals surface area contributed by atoms with Gasteiger partial charge in [-0.2, -0.15) is 0 Å². The van der Waals surface area contributed by atoms with E-state index >= 15 is 0 Å². The molecular weight excluding hydrogens is 462 g/mol. The number of hydrogen-bond acceptors (Lipinski definition) is 5. The van der Waals surface area contributed by atoms with Crippen LogP contribution in [0.1, 0.15) is 42.6 Å². The molecule has 0 saturated carbocycles. The van der Waals surface area contributed by atoms with E-state index in [0.717, 1.165) is 10.9 Å². The van der Waals surface area contributed by atoms with Gasteiger partial charge in [0, 0.05) is 44.1 Å². The maximum absolute atomic E-state index is 13.0. The van der Waals surface area contributed by atoms with Gasteiger partial charge in [-0.1, -0.05) is 18.2 Å². The van der Waals surface area contributed by atoms with Gasteiger partial charge < -0.3 is 24.6 Å². The van der Waals surface area contributed by atoms with E-state index in [9.17, 15) is 19.2 Å². The second-order valence-corrected chi connectivity index (χ2v) is 8.88. The fourth-order valence-electron chi connectivity index (χ4n) is 4.59. The fraction of sp³-hybridized carbons (Fsp3) is 0.333. The quantitative estimate of drug-likeness (QED) is 0.500. The van der Waals surface area contributed by atoms with Crippen LogP contribution in [0.4, 0.5) is 0 Å². The smallest absolute Gasteiger partial charge is 0.326 e. The number of carbonyl (C=O) groups is 3. The average Bonchev–Trinajstić information content (AvgIpc) is 2.88. The van der Waals surface area contributed by atoms with E-state index < -0.39 is 17.9 Å². The van der Waals surface area contributed by atoms with Gasteiger partial charge in [0.05, 0.1) is 12.1 Å². The molecule has 4 rings (SSSR count). The van der Waals surface area contributed by atoms with Crippen molar-refractivity contribution in [2.75, 3.05) is 19.7 Å². The van der Waals surface area contributed by atoms with Gasteiger partial charge in [-0.05, 0) is 54.6 Å². The molecule has 9 heteroatoms. The molecule has 1 aliphatic heterocycles. The molecule has 2 aromatic carbocycles. The Hall–Kier alpha value is -4.14. The van der Waals surface area contributed by atoms with Crippen molar-refractivity contribution < 1.29 is 24.2 Å². The first-order chi connectivity index (χ1) is 17.3. The summed E-state index contributed by atoms with van der Waals surface area (Å²) in [6, 6.07) is 17.0. The molecule has 0 aliphatic carbocycles. The summed E-state index contributed by atoms with van der Waals surface area (Å²) >= 11 is 0. The topological polar surface area (TPSA) is 118 Å². The highest BCUT2D eigenvalue weighted by Gasteiger charge is 2.26. The van der Waals surface area contributed by atoms with Crippen molar-refractivity contribution in [3.8, 4) is 5.75 Å². The first-order valence-corrected chi connectivity index (χ1v) is 12.0. The lowest BCUT2D eigenvalue weighted by Gasteiger charge is -2.33. The molecule has 2 N–H and O–H groups in total. The lowest BCUT2D eigenvalue weighted by Crippen LogP contribution is -2.40. The van der Waals surface area contributed by atoms with E-state index in [4.69, 9.17) is 9.84 Å². The molecule has 3 aromatic rings. The van der Waals surface area contributed by atoms with E-state index in [1.54, 1.807) is 35.2 Å². The number of ether oxygens (including phenoxy) is 1. The van der Waals surface area contributed by atoms with E-state index in [1.807, 2.05) is 34.9 Å². The number of hydrogen-bond donors (Lipinski definition) is 2. The Balaban J connectivity index is 1.33. The van der Waals surface area contributed by atoms with Gasteiger partial charge in [-0.3, -0.25) is 14.4 Å². The highest BCUT2D eigenvalue weighted by atomic mass is 16.5. The van der Waals surface area contributed by atoms with E-state index in [2.05, 4.69) is 5.32 Å². The molecule has 1 unspecified atom stereocenters. The summed E-state index contributed by atoms with van der Waals surface area (Å²) in [4.78, 5) is 49.7. The third-order valence-electron chi connectivity index (χ3n) is 6.41. The summed E-state index contributed by atoms with van der Waals surface area (Å²) in [5.41, 5.74) is 1.42. The van der Waals surface area contributed by atoms with Crippen LogP contribution in [0.15, 0.2) is 65.5 Å².